The van der Waals surface area contributed by atoms with E-state index in [0.29, 0.717) is 16.4 Å². The van der Waals surface area contributed by atoms with Crippen LogP contribution in [0.3, 0.4) is 0 Å². The number of hydrogen-bond acceptors (Lipinski definition) is 5. The molecule has 0 saturated carbocycles. The van der Waals surface area contributed by atoms with Gasteiger partial charge in [-0.25, -0.2) is 14.2 Å². The lowest BCUT2D eigenvalue weighted by Crippen LogP contribution is -2.20. The highest BCUT2D eigenvalue weighted by molar-refractivity contribution is 7.99. The van der Waals surface area contributed by atoms with Crippen LogP contribution in [0.1, 0.15) is 0 Å². The zero-order valence-corrected chi connectivity index (χ0v) is 13.3. The second-order valence-electron chi connectivity index (χ2n) is 4.57. The summed E-state index contributed by atoms with van der Waals surface area (Å²) >= 11 is 6.94. The largest absolute Gasteiger partial charge is 0.355 e. The van der Waals surface area contributed by atoms with Crippen LogP contribution in [0.4, 0.5) is 5.69 Å². The standard InChI is InChI=1S/C15H11ClN4O2S/c16-10-6-7-12-18-14(19-15(22)20(12)8-10)23-9-13(21)17-11-4-2-1-3-5-11/h1-8H,9H2,(H,17,21). The van der Waals surface area contributed by atoms with Crippen molar-refractivity contribution in [3.63, 3.8) is 0 Å². The number of carbonyl (C=O) groups is 1. The summed E-state index contributed by atoms with van der Waals surface area (Å²) in [4.78, 5) is 31.9. The fourth-order valence-corrected chi connectivity index (χ4v) is 2.68. The van der Waals surface area contributed by atoms with E-state index in [1.807, 2.05) is 18.2 Å². The fraction of sp³-hybridized carbons (Fsp3) is 0.0667. The third-order valence-corrected chi connectivity index (χ3v) is 3.96. The third-order valence-electron chi connectivity index (χ3n) is 2.89. The van der Waals surface area contributed by atoms with Crippen LogP contribution in [-0.2, 0) is 4.79 Å². The predicted molar refractivity (Wildman–Crippen MR) is 90.1 cm³/mol. The highest BCUT2D eigenvalue weighted by Gasteiger charge is 2.08. The smallest absolute Gasteiger partial charge is 0.325 e. The third kappa shape index (κ3) is 3.88. The van der Waals surface area contributed by atoms with Gasteiger partial charge < -0.3 is 5.32 Å². The second-order valence-corrected chi connectivity index (χ2v) is 5.95. The number of fused-ring (bicyclic) bond motifs is 1. The van der Waals surface area contributed by atoms with Crippen LogP contribution in [0.2, 0.25) is 5.02 Å². The molecular weight excluding hydrogens is 336 g/mol. The first-order chi connectivity index (χ1) is 11.1. The van der Waals surface area contributed by atoms with Gasteiger partial charge in [-0.1, -0.05) is 41.6 Å². The number of thioether (sulfide) groups is 1. The molecule has 1 N–H and O–H groups in total. The van der Waals surface area contributed by atoms with E-state index in [4.69, 9.17) is 11.6 Å². The maximum absolute atomic E-state index is 11.9. The van der Waals surface area contributed by atoms with Gasteiger partial charge in [-0.05, 0) is 24.3 Å². The molecule has 6 nitrogen and oxygen atoms in total. The Morgan fingerprint density at radius 2 is 1.96 bits per heavy atom. The highest BCUT2D eigenvalue weighted by Crippen LogP contribution is 2.14. The number of aromatic nitrogens is 3. The summed E-state index contributed by atoms with van der Waals surface area (Å²) in [7, 11) is 0. The molecule has 2 heterocycles. The number of halogens is 1. The van der Waals surface area contributed by atoms with Gasteiger partial charge in [0.15, 0.2) is 5.16 Å². The number of pyridine rings is 1. The minimum atomic E-state index is -0.483. The molecule has 0 bridgehead atoms. The maximum Gasteiger partial charge on any atom is 0.355 e. The molecule has 23 heavy (non-hydrogen) atoms. The number of hydrogen-bond donors (Lipinski definition) is 1. The number of benzene rings is 1. The Kier molecular flexibility index (Phi) is 4.59. The summed E-state index contributed by atoms with van der Waals surface area (Å²) in [5.41, 5.74) is 0.663. The van der Waals surface area contributed by atoms with Crippen LogP contribution in [0, 0.1) is 0 Å². The normalized spacial score (nSPS) is 10.7. The van der Waals surface area contributed by atoms with Crippen LogP contribution in [0.5, 0.6) is 0 Å². The van der Waals surface area contributed by atoms with E-state index in [0.717, 1.165) is 11.8 Å². The molecule has 1 amide bonds. The number of carbonyl (C=O) groups excluding carboxylic acids is 1. The van der Waals surface area contributed by atoms with Crippen molar-refractivity contribution in [3.05, 3.63) is 64.2 Å². The first kappa shape index (κ1) is 15.5. The quantitative estimate of drug-likeness (QED) is 0.734. The number of nitrogens with one attached hydrogen (secondary N) is 1. The average molecular weight is 347 g/mol. The average Bonchev–Trinajstić information content (AvgIpc) is 2.55. The number of rotatable bonds is 4. The molecule has 3 aromatic rings. The lowest BCUT2D eigenvalue weighted by atomic mass is 10.3. The molecule has 0 aliphatic carbocycles. The van der Waals surface area contributed by atoms with E-state index in [-0.39, 0.29) is 16.8 Å². The van der Waals surface area contributed by atoms with Crippen LogP contribution < -0.4 is 11.0 Å². The lowest BCUT2D eigenvalue weighted by molar-refractivity contribution is -0.113. The Balaban J connectivity index is 1.71. The summed E-state index contributed by atoms with van der Waals surface area (Å²) in [6, 6.07) is 12.4. The van der Waals surface area contributed by atoms with Gasteiger partial charge in [-0.2, -0.15) is 4.98 Å². The summed E-state index contributed by atoms with van der Waals surface area (Å²) in [5.74, 6) is -0.0842. The van der Waals surface area contributed by atoms with Crippen molar-refractivity contribution in [1.82, 2.24) is 14.4 Å². The monoisotopic (exact) mass is 346 g/mol. The molecule has 116 valence electrons. The lowest BCUT2D eigenvalue weighted by Gasteiger charge is -2.05. The number of anilines is 1. The summed E-state index contributed by atoms with van der Waals surface area (Å²) in [6.45, 7) is 0. The SMILES string of the molecule is O=C(CSc1nc(=O)n2cc(Cl)ccc2n1)Nc1ccccc1. The molecule has 0 unspecified atom stereocenters. The minimum absolute atomic E-state index is 0.109. The molecule has 0 aliphatic heterocycles. The van der Waals surface area contributed by atoms with Gasteiger partial charge in [0.2, 0.25) is 5.91 Å². The summed E-state index contributed by atoms with van der Waals surface area (Å²) < 4.78 is 1.26. The van der Waals surface area contributed by atoms with Gasteiger partial charge in [-0.15, -0.1) is 0 Å². The molecule has 0 atom stereocenters. The zero-order valence-electron chi connectivity index (χ0n) is 11.8. The molecule has 1 aromatic carbocycles. The second kappa shape index (κ2) is 6.80. The Hall–Kier alpha value is -2.38. The van der Waals surface area contributed by atoms with Crippen molar-refractivity contribution in [3.8, 4) is 0 Å². The van der Waals surface area contributed by atoms with Gasteiger partial charge in [0, 0.05) is 11.9 Å². The molecule has 3 rings (SSSR count). The summed E-state index contributed by atoms with van der Waals surface area (Å²) in [5, 5.41) is 3.43. The van der Waals surface area contributed by atoms with E-state index in [9.17, 15) is 9.59 Å². The topological polar surface area (TPSA) is 76.4 Å². The highest BCUT2D eigenvalue weighted by atomic mass is 35.5. The van der Waals surface area contributed by atoms with E-state index >= 15 is 0 Å². The Morgan fingerprint density at radius 1 is 1.17 bits per heavy atom. The zero-order chi connectivity index (χ0) is 16.2. The Bertz CT molecular complexity index is 914. The van der Waals surface area contributed by atoms with Crippen LogP contribution >= 0.6 is 23.4 Å². The Morgan fingerprint density at radius 3 is 2.74 bits per heavy atom. The molecule has 0 radical (unpaired) electrons. The van der Waals surface area contributed by atoms with E-state index in [1.165, 1.54) is 10.6 Å². The minimum Gasteiger partial charge on any atom is -0.325 e. The van der Waals surface area contributed by atoms with Gasteiger partial charge >= 0.3 is 5.69 Å². The van der Waals surface area contributed by atoms with Crippen LogP contribution in [0.15, 0.2) is 58.6 Å². The number of para-hydroxylation sites is 1. The predicted octanol–water partition coefficient (Wildman–Crippen LogP) is 2.47. The molecule has 0 aliphatic rings. The maximum atomic E-state index is 11.9. The van der Waals surface area contributed by atoms with Crippen molar-refractivity contribution < 1.29 is 4.79 Å². The van der Waals surface area contributed by atoms with Crippen LogP contribution in [0.25, 0.3) is 5.65 Å². The van der Waals surface area contributed by atoms with Crippen molar-refractivity contribution in [1.29, 1.82) is 0 Å². The molecule has 0 saturated heterocycles. The molecule has 0 spiro atoms. The van der Waals surface area contributed by atoms with Gasteiger partial charge in [0.05, 0.1) is 10.8 Å². The fourth-order valence-electron chi connectivity index (χ4n) is 1.88. The first-order valence-corrected chi connectivity index (χ1v) is 8.02. The Labute approximate surface area is 140 Å². The van der Waals surface area contributed by atoms with E-state index < -0.39 is 5.69 Å². The van der Waals surface area contributed by atoms with E-state index in [2.05, 4.69) is 15.3 Å². The molecule has 8 heteroatoms. The molecule has 2 aromatic heterocycles. The molecular formula is C15H11ClN4O2S. The number of amides is 1. The van der Waals surface area contributed by atoms with Crippen molar-refractivity contribution >= 4 is 40.6 Å². The van der Waals surface area contributed by atoms with Crippen molar-refractivity contribution in [2.24, 2.45) is 0 Å². The molecule has 0 fully saturated rings. The van der Waals surface area contributed by atoms with E-state index in [1.54, 1.807) is 24.3 Å². The van der Waals surface area contributed by atoms with Gasteiger partial charge in [0.25, 0.3) is 0 Å². The van der Waals surface area contributed by atoms with Crippen molar-refractivity contribution in [2.75, 3.05) is 11.1 Å². The number of nitrogens with zero attached hydrogens (tertiary/aromatic N) is 3. The first-order valence-electron chi connectivity index (χ1n) is 6.65. The summed E-state index contributed by atoms with van der Waals surface area (Å²) in [6.07, 6.45) is 1.45. The van der Waals surface area contributed by atoms with Crippen LogP contribution in [-0.4, -0.2) is 26.0 Å². The van der Waals surface area contributed by atoms with Crippen molar-refractivity contribution in [2.45, 2.75) is 5.16 Å². The van der Waals surface area contributed by atoms with Gasteiger partial charge in [0.1, 0.15) is 5.65 Å². The van der Waals surface area contributed by atoms with Gasteiger partial charge in [-0.3, -0.25) is 4.79 Å².